The molecule has 1 atom stereocenters. The predicted molar refractivity (Wildman–Crippen MR) is 41.6 cm³/mol. The first-order valence-corrected chi connectivity index (χ1v) is 3.95. The molecule has 0 amide bonds. The van der Waals surface area contributed by atoms with E-state index in [4.69, 9.17) is 9.47 Å². The second-order valence-electron chi connectivity index (χ2n) is 2.84. The molecule has 0 spiro atoms. The lowest BCUT2D eigenvalue weighted by atomic mass is 10.3. The molecule has 1 saturated heterocycles. The third kappa shape index (κ3) is 2.15. The second-order valence-corrected chi connectivity index (χ2v) is 2.84. The van der Waals surface area contributed by atoms with E-state index in [9.17, 15) is 8.78 Å². The van der Waals surface area contributed by atoms with Crippen molar-refractivity contribution in [2.24, 2.45) is 0 Å². The molecule has 0 radical (unpaired) electrons. The molecule has 0 saturated carbocycles. The first kappa shape index (κ1) is 8.44. The van der Waals surface area contributed by atoms with Gasteiger partial charge in [0.05, 0.1) is 6.61 Å². The molecule has 1 fully saturated rings. The fraction of sp³-hybridized carbons (Fsp3) is 0.333. The summed E-state index contributed by atoms with van der Waals surface area (Å²) in [4.78, 5) is 0. The minimum atomic E-state index is -0.680. The highest BCUT2D eigenvalue weighted by atomic mass is 19.1. The molecular weight excluding hydrogens is 178 g/mol. The predicted octanol–water partition coefficient (Wildman–Crippen LogP) is 1.74. The molecule has 0 N–H and O–H groups in total. The van der Waals surface area contributed by atoms with Gasteiger partial charge in [-0.15, -0.1) is 0 Å². The van der Waals surface area contributed by atoms with E-state index >= 15 is 0 Å². The van der Waals surface area contributed by atoms with Crippen molar-refractivity contribution in [3.8, 4) is 5.75 Å². The van der Waals surface area contributed by atoms with Crippen LogP contribution in [-0.4, -0.2) is 19.3 Å². The average molecular weight is 186 g/mol. The Labute approximate surface area is 74.1 Å². The van der Waals surface area contributed by atoms with Crippen LogP contribution in [0, 0.1) is 11.6 Å². The van der Waals surface area contributed by atoms with Gasteiger partial charge in [-0.1, -0.05) is 0 Å². The van der Waals surface area contributed by atoms with Gasteiger partial charge >= 0.3 is 0 Å². The third-order valence-corrected chi connectivity index (χ3v) is 1.72. The van der Waals surface area contributed by atoms with Crippen LogP contribution in [0.5, 0.6) is 5.75 Å². The lowest BCUT2D eigenvalue weighted by Crippen LogP contribution is -2.05. The van der Waals surface area contributed by atoms with Crippen LogP contribution >= 0.6 is 0 Å². The van der Waals surface area contributed by atoms with Gasteiger partial charge in [0.1, 0.15) is 18.5 Å². The number of epoxide rings is 1. The summed E-state index contributed by atoms with van der Waals surface area (Å²) in [6, 6.07) is 3.22. The van der Waals surface area contributed by atoms with E-state index in [0.717, 1.165) is 12.1 Å². The first-order valence-electron chi connectivity index (χ1n) is 3.95. The Morgan fingerprint density at radius 3 is 2.85 bits per heavy atom. The minimum Gasteiger partial charge on any atom is -0.488 e. The normalized spacial score (nSPS) is 20.0. The number of ether oxygens (including phenoxy) is 2. The van der Waals surface area contributed by atoms with Gasteiger partial charge in [-0.3, -0.25) is 0 Å². The highest BCUT2D eigenvalue weighted by molar-refractivity contribution is 5.24. The van der Waals surface area contributed by atoms with Crippen molar-refractivity contribution >= 4 is 0 Å². The van der Waals surface area contributed by atoms with Crippen LogP contribution < -0.4 is 4.74 Å². The van der Waals surface area contributed by atoms with Crippen LogP contribution in [0.3, 0.4) is 0 Å². The summed E-state index contributed by atoms with van der Waals surface area (Å²) < 4.78 is 35.3. The van der Waals surface area contributed by atoms with Gasteiger partial charge in [0.15, 0.2) is 11.6 Å². The SMILES string of the molecule is Fc1ccc(OC[C@@H]2CO2)c(F)c1. The van der Waals surface area contributed by atoms with Crippen molar-refractivity contribution in [3.05, 3.63) is 29.8 Å². The molecule has 0 aromatic heterocycles. The van der Waals surface area contributed by atoms with Gasteiger partial charge < -0.3 is 9.47 Å². The Bertz CT molecular complexity index is 310. The van der Waals surface area contributed by atoms with Crippen molar-refractivity contribution in [2.45, 2.75) is 6.10 Å². The van der Waals surface area contributed by atoms with E-state index in [2.05, 4.69) is 0 Å². The molecule has 0 unspecified atom stereocenters. The molecular formula is C9H8F2O2. The van der Waals surface area contributed by atoms with E-state index in [-0.39, 0.29) is 11.9 Å². The molecule has 1 aromatic carbocycles. The molecule has 2 nitrogen and oxygen atoms in total. The largest absolute Gasteiger partial charge is 0.488 e. The highest BCUT2D eigenvalue weighted by Crippen LogP contribution is 2.19. The molecule has 1 aromatic rings. The van der Waals surface area contributed by atoms with Gasteiger partial charge in [0, 0.05) is 6.07 Å². The lowest BCUT2D eigenvalue weighted by Gasteiger charge is -2.04. The summed E-state index contributed by atoms with van der Waals surface area (Å²) in [7, 11) is 0. The topological polar surface area (TPSA) is 21.8 Å². The molecule has 70 valence electrons. The Kier molecular flexibility index (Phi) is 2.14. The summed E-state index contributed by atoms with van der Waals surface area (Å²) in [5.41, 5.74) is 0. The summed E-state index contributed by atoms with van der Waals surface area (Å²) in [5.74, 6) is -1.22. The Balaban J connectivity index is 2.01. The Morgan fingerprint density at radius 2 is 2.23 bits per heavy atom. The lowest BCUT2D eigenvalue weighted by molar-refractivity contribution is 0.253. The van der Waals surface area contributed by atoms with E-state index in [0.29, 0.717) is 13.2 Å². The van der Waals surface area contributed by atoms with Crippen molar-refractivity contribution < 1.29 is 18.3 Å². The highest BCUT2D eigenvalue weighted by Gasteiger charge is 2.23. The van der Waals surface area contributed by atoms with Crippen molar-refractivity contribution in [1.82, 2.24) is 0 Å². The quantitative estimate of drug-likeness (QED) is 0.670. The molecule has 4 heteroatoms. The van der Waals surface area contributed by atoms with Crippen LogP contribution in [0.4, 0.5) is 8.78 Å². The summed E-state index contributed by atoms with van der Waals surface area (Å²) in [5, 5.41) is 0. The van der Waals surface area contributed by atoms with Gasteiger partial charge in [0.25, 0.3) is 0 Å². The van der Waals surface area contributed by atoms with E-state index in [1.54, 1.807) is 0 Å². The molecule has 0 aliphatic carbocycles. The standard InChI is InChI=1S/C9H8F2O2/c10-6-1-2-9(8(11)3-6)13-5-7-4-12-7/h1-3,7H,4-5H2/t7-/m0/s1. The van der Waals surface area contributed by atoms with Gasteiger partial charge in [0.2, 0.25) is 0 Å². The minimum absolute atomic E-state index is 0.0666. The second kappa shape index (κ2) is 3.30. The zero-order valence-corrected chi connectivity index (χ0v) is 6.80. The van der Waals surface area contributed by atoms with E-state index in [1.807, 2.05) is 0 Å². The van der Waals surface area contributed by atoms with Crippen LogP contribution in [0.2, 0.25) is 0 Å². The van der Waals surface area contributed by atoms with E-state index in [1.165, 1.54) is 6.07 Å². The van der Waals surface area contributed by atoms with Crippen molar-refractivity contribution in [3.63, 3.8) is 0 Å². The summed E-state index contributed by atoms with van der Waals surface area (Å²) in [6.45, 7) is 0.978. The number of benzene rings is 1. The summed E-state index contributed by atoms with van der Waals surface area (Å²) >= 11 is 0. The van der Waals surface area contributed by atoms with Crippen molar-refractivity contribution in [1.29, 1.82) is 0 Å². The zero-order chi connectivity index (χ0) is 9.26. The molecule has 1 aliphatic rings. The van der Waals surface area contributed by atoms with Gasteiger partial charge in [-0.05, 0) is 12.1 Å². The molecule has 0 bridgehead atoms. The maximum absolute atomic E-state index is 12.9. The van der Waals surface area contributed by atoms with Crippen molar-refractivity contribution in [2.75, 3.05) is 13.2 Å². The Hall–Kier alpha value is -1.16. The number of hydrogen-bond donors (Lipinski definition) is 0. The Morgan fingerprint density at radius 1 is 1.46 bits per heavy atom. The monoisotopic (exact) mass is 186 g/mol. The average Bonchev–Trinajstić information content (AvgIpc) is 2.86. The maximum atomic E-state index is 12.9. The van der Waals surface area contributed by atoms with Crippen LogP contribution in [0.1, 0.15) is 0 Å². The fourth-order valence-electron chi connectivity index (χ4n) is 0.939. The van der Waals surface area contributed by atoms with Crippen LogP contribution in [-0.2, 0) is 4.74 Å². The smallest absolute Gasteiger partial charge is 0.167 e. The molecule has 1 heterocycles. The number of halogens is 2. The first-order chi connectivity index (χ1) is 6.25. The zero-order valence-electron chi connectivity index (χ0n) is 6.80. The molecule has 2 rings (SSSR count). The van der Waals surface area contributed by atoms with Gasteiger partial charge in [-0.25, -0.2) is 8.78 Å². The maximum Gasteiger partial charge on any atom is 0.167 e. The number of hydrogen-bond acceptors (Lipinski definition) is 2. The summed E-state index contributed by atoms with van der Waals surface area (Å²) in [6.07, 6.45) is 0.0736. The third-order valence-electron chi connectivity index (χ3n) is 1.72. The molecule has 1 aliphatic heterocycles. The molecule has 13 heavy (non-hydrogen) atoms. The number of rotatable bonds is 3. The van der Waals surface area contributed by atoms with Crippen LogP contribution in [0.25, 0.3) is 0 Å². The fourth-order valence-corrected chi connectivity index (χ4v) is 0.939. The van der Waals surface area contributed by atoms with Gasteiger partial charge in [-0.2, -0.15) is 0 Å². The van der Waals surface area contributed by atoms with Crippen LogP contribution in [0.15, 0.2) is 18.2 Å². The van der Waals surface area contributed by atoms with E-state index < -0.39 is 11.6 Å².